The smallest absolute Gasteiger partial charge is 0.338 e. The van der Waals surface area contributed by atoms with E-state index in [2.05, 4.69) is 4.72 Å². The standard InChI is InChI=1S/C18H21NO6S/c1-13-5-4-6-15(11-13)24-9-10-25-18(20)14-7-8-16(23-3)17(12-14)26(21,22)19-2/h4-8,11-12,19H,9-10H2,1-3H3. The van der Waals surface area contributed by atoms with Gasteiger partial charge < -0.3 is 14.2 Å². The molecule has 0 amide bonds. The first-order chi connectivity index (χ1) is 12.4. The molecule has 0 aliphatic heterocycles. The van der Waals surface area contributed by atoms with Crippen LogP contribution in [0.1, 0.15) is 15.9 Å². The molecule has 2 aromatic rings. The molecule has 0 aromatic heterocycles. The molecule has 0 saturated heterocycles. The van der Waals surface area contributed by atoms with Crippen LogP contribution >= 0.6 is 0 Å². The lowest BCUT2D eigenvalue weighted by molar-refractivity contribution is 0.0450. The van der Waals surface area contributed by atoms with Crippen molar-refractivity contribution in [3.05, 3.63) is 53.6 Å². The second kappa shape index (κ2) is 8.68. The number of esters is 1. The van der Waals surface area contributed by atoms with Gasteiger partial charge in [0, 0.05) is 0 Å². The summed E-state index contributed by atoms with van der Waals surface area (Å²) in [7, 11) is -1.14. The minimum absolute atomic E-state index is 0.0346. The number of carbonyl (C=O) groups is 1. The molecule has 0 spiro atoms. The lowest BCUT2D eigenvalue weighted by Gasteiger charge is -2.11. The molecule has 2 aromatic carbocycles. The van der Waals surface area contributed by atoms with Crippen LogP contribution in [0, 0.1) is 6.92 Å². The average molecular weight is 379 g/mol. The molecule has 140 valence electrons. The lowest BCUT2D eigenvalue weighted by atomic mass is 10.2. The summed E-state index contributed by atoms with van der Waals surface area (Å²) in [5.74, 6) is 0.180. The van der Waals surface area contributed by atoms with Gasteiger partial charge in [-0.15, -0.1) is 0 Å². The molecule has 8 heteroatoms. The maximum absolute atomic E-state index is 12.1. The number of aryl methyl sites for hydroxylation is 1. The Labute approximate surface area is 152 Å². The summed E-state index contributed by atoms with van der Waals surface area (Å²) in [5.41, 5.74) is 1.17. The van der Waals surface area contributed by atoms with Crippen LogP contribution in [0.4, 0.5) is 0 Å². The molecule has 0 fully saturated rings. The van der Waals surface area contributed by atoms with E-state index in [4.69, 9.17) is 14.2 Å². The van der Waals surface area contributed by atoms with Crippen LogP contribution in [0.5, 0.6) is 11.5 Å². The molecule has 0 aliphatic rings. The molecule has 2 rings (SSSR count). The largest absolute Gasteiger partial charge is 0.495 e. The number of benzene rings is 2. The number of methoxy groups -OCH3 is 1. The lowest BCUT2D eigenvalue weighted by Crippen LogP contribution is -2.20. The minimum Gasteiger partial charge on any atom is -0.495 e. The molecule has 0 atom stereocenters. The molecule has 0 bridgehead atoms. The van der Waals surface area contributed by atoms with Crippen molar-refractivity contribution in [3.8, 4) is 11.5 Å². The molecule has 26 heavy (non-hydrogen) atoms. The van der Waals surface area contributed by atoms with E-state index in [1.54, 1.807) is 0 Å². The van der Waals surface area contributed by atoms with Gasteiger partial charge in [0.1, 0.15) is 29.6 Å². The second-order valence-corrected chi connectivity index (χ2v) is 7.23. The predicted molar refractivity (Wildman–Crippen MR) is 96.2 cm³/mol. The molecule has 0 aliphatic carbocycles. The molecule has 0 saturated carbocycles. The molecule has 7 nitrogen and oxygen atoms in total. The monoisotopic (exact) mass is 379 g/mol. The minimum atomic E-state index is -3.77. The van der Waals surface area contributed by atoms with E-state index in [-0.39, 0.29) is 29.4 Å². The quantitative estimate of drug-likeness (QED) is 0.558. The molecule has 1 N–H and O–H groups in total. The maximum Gasteiger partial charge on any atom is 0.338 e. The van der Waals surface area contributed by atoms with Crippen molar-refractivity contribution in [2.75, 3.05) is 27.4 Å². The van der Waals surface area contributed by atoms with E-state index in [1.807, 2.05) is 31.2 Å². The number of hydrogen-bond donors (Lipinski definition) is 1. The van der Waals surface area contributed by atoms with Crippen LogP contribution < -0.4 is 14.2 Å². The molecule has 0 radical (unpaired) electrons. The SMILES string of the molecule is CNS(=O)(=O)c1cc(C(=O)OCCOc2cccc(C)c2)ccc1OC. The summed E-state index contributed by atoms with van der Waals surface area (Å²) >= 11 is 0. The van der Waals surface area contributed by atoms with E-state index in [0.717, 1.165) is 5.56 Å². The Hall–Kier alpha value is -2.58. The summed E-state index contributed by atoms with van der Waals surface area (Å²) in [4.78, 5) is 12.0. The number of rotatable bonds is 8. The number of ether oxygens (including phenoxy) is 3. The molecular weight excluding hydrogens is 358 g/mol. The van der Waals surface area contributed by atoms with Crippen molar-refractivity contribution in [3.63, 3.8) is 0 Å². The van der Waals surface area contributed by atoms with E-state index in [1.165, 1.54) is 32.4 Å². The summed E-state index contributed by atoms with van der Waals surface area (Å²) < 4.78 is 41.9. The zero-order valence-electron chi connectivity index (χ0n) is 14.8. The van der Waals surface area contributed by atoms with Gasteiger partial charge in [0.25, 0.3) is 0 Å². The number of hydrogen-bond acceptors (Lipinski definition) is 6. The zero-order chi connectivity index (χ0) is 19.2. The van der Waals surface area contributed by atoms with Crippen LogP contribution in [0.15, 0.2) is 47.4 Å². The van der Waals surface area contributed by atoms with Crippen molar-refractivity contribution >= 4 is 16.0 Å². The van der Waals surface area contributed by atoms with Gasteiger partial charge >= 0.3 is 5.97 Å². The maximum atomic E-state index is 12.1. The summed E-state index contributed by atoms with van der Waals surface area (Å²) in [6.07, 6.45) is 0. The van der Waals surface area contributed by atoms with Crippen LogP contribution in [0.3, 0.4) is 0 Å². The van der Waals surface area contributed by atoms with E-state index in [9.17, 15) is 13.2 Å². The zero-order valence-corrected chi connectivity index (χ0v) is 15.6. The van der Waals surface area contributed by atoms with Crippen LogP contribution in [-0.4, -0.2) is 41.8 Å². The third kappa shape index (κ3) is 4.96. The highest BCUT2D eigenvalue weighted by Gasteiger charge is 2.20. The molecule has 0 heterocycles. The summed E-state index contributed by atoms with van der Waals surface area (Å²) in [6, 6.07) is 11.6. The van der Waals surface area contributed by atoms with Crippen molar-refractivity contribution in [1.29, 1.82) is 0 Å². The number of sulfonamides is 1. The summed E-state index contributed by atoms with van der Waals surface area (Å²) in [5, 5.41) is 0. The highest BCUT2D eigenvalue weighted by molar-refractivity contribution is 7.89. The highest BCUT2D eigenvalue weighted by atomic mass is 32.2. The van der Waals surface area contributed by atoms with Crippen LogP contribution in [0.25, 0.3) is 0 Å². The number of carbonyl (C=O) groups excluding carboxylic acids is 1. The van der Waals surface area contributed by atoms with E-state index in [0.29, 0.717) is 5.75 Å². The van der Waals surface area contributed by atoms with E-state index < -0.39 is 16.0 Å². The fourth-order valence-corrected chi connectivity index (χ4v) is 3.12. The fourth-order valence-electron chi connectivity index (χ4n) is 2.21. The Kier molecular flexibility index (Phi) is 6.59. The Morgan fingerprint density at radius 2 is 1.88 bits per heavy atom. The Morgan fingerprint density at radius 3 is 2.54 bits per heavy atom. The molecule has 0 unspecified atom stereocenters. The first-order valence-electron chi connectivity index (χ1n) is 7.85. The van der Waals surface area contributed by atoms with Gasteiger partial charge in [0.15, 0.2) is 0 Å². The van der Waals surface area contributed by atoms with Crippen molar-refractivity contribution in [2.45, 2.75) is 11.8 Å². The van der Waals surface area contributed by atoms with Gasteiger partial charge in [-0.05, 0) is 49.9 Å². The van der Waals surface area contributed by atoms with Gasteiger partial charge in [0.05, 0.1) is 12.7 Å². The van der Waals surface area contributed by atoms with Gasteiger partial charge in [-0.2, -0.15) is 0 Å². The third-order valence-electron chi connectivity index (χ3n) is 3.53. The van der Waals surface area contributed by atoms with Gasteiger partial charge in [-0.25, -0.2) is 17.9 Å². The second-order valence-electron chi connectivity index (χ2n) is 5.37. The first-order valence-corrected chi connectivity index (χ1v) is 9.34. The topological polar surface area (TPSA) is 90.9 Å². The van der Waals surface area contributed by atoms with Crippen LogP contribution in [-0.2, 0) is 14.8 Å². The first kappa shape index (κ1) is 19.7. The normalized spacial score (nSPS) is 11.0. The number of nitrogens with one attached hydrogen (secondary N) is 1. The summed E-state index contributed by atoms with van der Waals surface area (Å²) in [6.45, 7) is 2.17. The van der Waals surface area contributed by atoms with Crippen molar-refractivity contribution < 1.29 is 27.4 Å². The Balaban J connectivity index is 2.00. The van der Waals surface area contributed by atoms with Crippen molar-refractivity contribution in [2.24, 2.45) is 0 Å². The predicted octanol–water partition coefficient (Wildman–Crippen LogP) is 2.15. The van der Waals surface area contributed by atoms with Crippen molar-refractivity contribution in [1.82, 2.24) is 4.72 Å². The van der Waals surface area contributed by atoms with Crippen LogP contribution in [0.2, 0.25) is 0 Å². The highest BCUT2D eigenvalue weighted by Crippen LogP contribution is 2.25. The van der Waals surface area contributed by atoms with Gasteiger partial charge in [-0.3, -0.25) is 0 Å². The Morgan fingerprint density at radius 1 is 1.12 bits per heavy atom. The fraction of sp³-hybridized carbons (Fsp3) is 0.278. The van der Waals surface area contributed by atoms with Gasteiger partial charge in [0.2, 0.25) is 10.0 Å². The van der Waals surface area contributed by atoms with Gasteiger partial charge in [-0.1, -0.05) is 12.1 Å². The third-order valence-corrected chi connectivity index (χ3v) is 4.97. The Bertz CT molecular complexity index is 879. The average Bonchev–Trinajstić information content (AvgIpc) is 2.64. The molecular formula is C18H21NO6S. The van der Waals surface area contributed by atoms with E-state index >= 15 is 0 Å².